The molecular weight excluding hydrogens is 254 g/mol. The normalized spacial score (nSPS) is 11.7. The maximum absolute atomic E-state index is 11.6. The molecule has 0 unspecified atom stereocenters. The van der Waals surface area contributed by atoms with Crippen LogP contribution in [0.4, 0.5) is 0 Å². The summed E-state index contributed by atoms with van der Waals surface area (Å²) in [7, 11) is -2.93. The number of nitrogens with one attached hydrogen (secondary N) is 1. The minimum absolute atomic E-state index is 0.104. The molecular formula is C11H19N3O3S. The lowest BCUT2D eigenvalue weighted by atomic mass is 10.3. The van der Waals surface area contributed by atoms with Crippen molar-refractivity contribution in [1.82, 2.24) is 14.9 Å². The largest absolute Gasteiger partial charge is 0.347 e. The summed E-state index contributed by atoms with van der Waals surface area (Å²) in [6, 6.07) is 1.85. The zero-order chi connectivity index (χ0) is 13.8. The van der Waals surface area contributed by atoms with E-state index in [1.807, 2.05) is 13.0 Å². The van der Waals surface area contributed by atoms with E-state index in [9.17, 15) is 13.2 Å². The topological polar surface area (TPSA) is 81.1 Å². The Kier molecular flexibility index (Phi) is 5.03. The van der Waals surface area contributed by atoms with Gasteiger partial charge in [0.25, 0.3) is 0 Å². The van der Waals surface area contributed by atoms with Gasteiger partial charge >= 0.3 is 5.69 Å². The summed E-state index contributed by atoms with van der Waals surface area (Å²) in [5, 5.41) is 2.99. The van der Waals surface area contributed by atoms with Crippen molar-refractivity contribution in [1.29, 1.82) is 0 Å². The fourth-order valence-electron chi connectivity index (χ4n) is 1.62. The van der Waals surface area contributed by atoms with Gasteiger partial charge in [0.2, 0.25) is 0 Å². The van der Waals surface area contributed by atoms with Crippen molar-refractivity contribution in [2.45, 2.75) is 20.4 Å². The second-order valence-corrected chi connectivity index (χ2v) is 6.61. The van der Waals surface area contributed by atoms with E-state index in [-0.39, 0.29) is 11.4 Å². The van der Waals surface area contributed by atoms with Crippen LogP contribution in [0.3, 0.4) is 0 Å². The monoisotopic (exact) mass is 273 g/mol. The van der Waals surface area contributed by atoms with Gasteiger partial charge in [-0.3, -0.25) is 4.57 Å². The SMILES string of the molecule is Cc1cc(C)n(CCNCCS(C)(=O)=O)c(=O)n1. The fraction of sp³-hybridized carbons (Fsp3) is 0.636. The lowest BCUT2D eigenvalue weighted by Gasteiger charge is -2.10. The molecule has 0 bridgehead atoms. The fourth-order valence-corrected chi connectivity index (χ4v) is 2.14. The first-order chi connectivity index (χ1) is 8.29. The lowest BCUT2D eigenvalue weighted by molar-refractivity contribution is 0.567. The predicted octanol–water partition coefficient (Wildman–Crippen LogP) is -0.506. The molecule has 18 heavy (non-hydrogen) atoms. The van der Waals surface area contributed by atoms with Crippen LogP contribution in [-0.2, 0) is 16.4 Å². The van der Waals surface area contributed by atoms with Gasteiger partial charge in [0, 0.05) is 37.3 Å². The standard InChI is InChI=1S/C11H19N3O3S/c1-9-8-10(2)14(11(15)13-9)6-4-12-5-7-18(3,16)17/h8,12H,4-7H2,1-3H3. The maximum Gasteiger partial charge on any atom is 0.347 e. The van der Waals surface area contributed by atoms with Crippen LogP contribution in [-0.4, -0.2) is 43.1 Å². The summed E-state index contributed by atoms with van der Waals surface area (Å²) in [5.74, 6) is 0.104. The molecule has 0 saturated heterocycles. The summed E-state index contributed by atoms with van der Waals surface area (Å²) < 4.78 is 23.4. The van der Waals surface area contributed by atoms with Crippen molar-refractivity contribution in [2.75, 3.05) is 25.1 Å². The van der Waals surface area contributed by atoms with Gasteiger partial charge < -0.3 is 5.32 Å². The van der Waals surface area contributed by atoms with Crippen LogP contribution in [0.2, 0.25) is 0 Å². The molecule has 1 aromatic heterocycles. The molecule has 0 aliphatic heterocycles. The van der Waals surface area contributed by atoms with Crippen molar-refractivity contribution in [3.8, 4) is 0 Å². The molecule has 0 aliphatic carbocycles. The number of rotatable bonds is 6. The van der Waals surface area contributed by atoms with Crippen molar-refractivity contribution in [3.63, 3.8) is 0 Å². The van der Waals surface area contributed by atoms with Crippen molar-refractivity contribution >= 4 is 9.84 Å². The lowest BCUT2D eigenvalue weighted by Crippen LogP contribution is -2.32. The quantitative estimate of drug-likeness (QED) is 0.706. The summed E-state index contributed by atoms with van der Waals surface area (Å²) in [4.78, 5) is 15.5. The molecule has 0 aromatic carbocycles. The van der Waals surface area contributed by atoms with Crippen LogP contribution in [0, 0.1) is 13.8 Å². The van der Waals surface area contributed by atoms with Crippen molar-refractivity contribution in [2.24, 2.45) is 0 Å². The Morgan fingerprint density at radius 2 is 2.00 bits per heavy atom. The van der Waals surface area contributed by atoms with E-state index in [2.05, 4.69) is 10.3 Å². The van der Waals surface area contributed by atoms with E-state index in [1.54, 1.807) is 11.5 Å². The molecule has 6 nitrogen and oxygen atoms in total. The van der Waals surface area contributed by atoms with Gasteiger partial charge in [0.1, 0.15) is 9.84 Å². The highest BCUT2D eigenvalue weighted by molar-refractivity contribution is 7.90. The Labute approximate surface area is 107 Å². The Balaban J connectivity index is 2.48. The first-order valence-corrected chi connectivity index (χ1v) is 7.79. The highest BCUT2D eigenvalue weighted by atomic mass is 32.2. The third-order valence-electron chi connectivity index (χ3n) is 2.51. The van der Waals surface area contributed by atoms with Gasteiger partial charge in [0.15, 0.2) is 0 Å². The molecule has 7 heteroatoms. The predicted molar refractivity (Wildman–Crippen MR) is 70.6 cm³/mol. The van der Waals surface area contributed by atoms with Crippen LogP contribution >= 0.6 is 0 Å². The summed E-state index contributed by atoms with van der Waals surface area (Å²) in [6.07, 6.45) is 1.20. The molecule has 0 amide bonds. The maximum atomic E-state index is 11.6. The molecule has 0 aliphatic rings. The number of aromatic nitrogens is 2. The zero-order valence-electron chi connectivity index (χ0n) is 10.9. The van der Waals surface area contributed by atoms with Gasteiger partial charge in [-0.2, -0.15) is 4.98 Å². The first kappa shape index (κ1) is 14.8. The van der Waals surface area contributed by atoms with Crippen LogP contribution in [0.5, 0.6) is 0 Å². The summed E-state index contributed by atoms with van der Waals surface area (Å²) in [6.45, 7) is 5.06. The van der Waals surface area contributed by atoms with E-state index in [1.165, 1.54) is 6.26 Å². The Morgan fingerprint density at radius 3 is 2.56 bits per heavy atom. The van der Waals surface area contributed by atoms with Crippen LogP contribution in [0.15, 0.2) is 10.9 Å². The molecule has 0 saturated carbocycles. The third-order valence-corrected chi connectivity index (χ3v) is 3.45. The van der Waals surface area contributed by atoms with E-state index >= 15 is 0 Å². The second-order valence-electron chi connectivity index (χ2n) is 4.35. The highest BCUT2D eigenvalue weighted by Gasteiger charge is 2.03. The smallest absolute Gasteiger partial charge is 0.314 e. The molecule has 1 aromatic rings. The Hall–Kier alpha value is -1.21. The van der Waals surface area contributed by atoms with E-state index in [0.717, 1.165) is 5.69 Å². The molecule has 1 heterocycles. The number of sulfone groups is 1. The molecule has 0 fully saturated rings. The van der Waals surface area contributed by atoms with E-state index in [0.29, 0.717) is 25.3 Å². The highest BCUT2D eigenvalue weighted by Crippen LogP contribution is 1.95. The van der Waals surface area contributed by atoms with Crippen molar-refractivity contribution in [3.05, 3.63) is 27.9 Å². The second kappa shape index (κ2) is 6.10. The van der Waals surface area contributed by atoms with Crippen molar-refractivity contribution < 1.29 is 8.42 Å². The van der Waals surface area contributed by atoms with Crippen LogP contribution < -0.4 is 11.0 Å². The minimum Gasteiger partial charge on any atom is -0.314 e. The number of hydrogen-bond acceptors (Lipinski definition) is 5. The third kappa shape index (κ3) is 4.97. The average Bonchev–Trinajstić information content (AvgIpc) is 2.19. The minimum atomic E-state index is -2.93. The van der Waals surface area contributed by atoms with Gasteiger partial charge in [-0.05, 0) is 19.9 Å². The number of hydrogen-bond donors (Lipinski definition) is 1. The molecule has 1 N–H and O–H groups in total. The Morgan fingerprint density at radius 1 is 1.33 bits per heavy atom. The van der Waals surface area contributed by atoms with Gasteiger partial charge in [-0.25, -0.2) is 13.2 Å². The average molecular weight is 273 g/mol. The van der Waals surface area contributed by atoms with Gasteiger partial charge in [-0.15, -0.1) is 0 Å². The van der Waals surface area contributed by atoms with E-state index < -0.39 is 9.84 Å². The molecule has 102 valence electrons. The summed E-state index contributed by atoms with van der Waals surface area (Å²) >= 11 is 0. The van der Waals surface area contributed by atoms with Crippen LogP contribution in [0.25, 0.3) is 0 Å². The number of nitrogens with zero attached hydrogens (tertiary/aromatic N) is 2. The first-order valence-electron chi connectivity index (χ1n) is 5.73. The Bertz CT molecular complexity index is 563. The number of aryl methyl sites for hydroxylation is 2. The molecule has 1 rings (SSSR count). The van der Waals surface area contributed by atoms with Gasteiger partial charge in [-0.1, -0.05) is 0 Å². The molecule has 0 spiro atoms. The molecule has 0 radical (unpaired) electrons. The van der Waals surface area contributed by atoms with Gasteiger partial charge in [0.05, 0.1) is 5.75 Å². The summed E-state index contributed by atoms with van der Waals surface area (Å²) in [5.41, 5.74) is 1.30. The van der Waals surface area contributed by atoms with E-state index in [4.69, 9.17) is 0 Å². The van der Waals surface area contributed by atoms with Crippen LogP contribution in [0.1, 0.15) is 11.4 Å². The zero-order valence-corrected chi connectivity index (χ0v) is 11.7. The molecule has 0 atom stereocenters.